The number of allylic oxidation sites excluding steroid dienone is 1. The van der Waals surface area contributed by atoms with Gasteiger partial charge in [-0.3, -0.25) is 4.79 Å². The second kappa shape index (κ2) is 25.3. The van der Waals surface area contributed by atoms with Gasteiger partial charge < -0.3 is 24.6 Å². The SMILES string of the molecule is CCCCCCCSCCCCCC/C=C/[C@H](C(=O)N[C@@H](Cc1ccc(OCCCC)cc1)C(=O)OC)[C@@](O)(CC(F)F)C(=O)OC(C)(C)C. The number of amides is 1. The number of carbonyl (C=O) groups excluding carboxylic acids is 3. The molecule has 1 amide bonds. The van der Waals surface area contributed by atoms with Crippen LogP contribution in [0.15, 0.2) is 36.4 Å². The van der Waals surface area contributed by atoms with E-state index in [2.05, 4.69) is 19.2 Å². The van der Waals surface area contributed by atoms with Gasteiger partial charge in [0.25, 0.3) is 0 Å². The summed E-state index contributed by atoms with van der Waals surface area (Å²) in [5, 5.41) is 14.1. The number of carbonyl (C=O) groups is 3. The first-order chi connectivity index (χ1) is 23.8. The second-order valence-corrected chi connectivity index (χ2v) is 15.0. The molecule has 8 nitrogen and oxygen atoms in total. The Morgan fingerprint density at radius 3 is 2.06 bits per heavy atom. The summed E-state index contributed by atoms with van der Waals surface area (Å²) in [5.41, 5.74) is -3.34. The molecule has 1 rings (SSSR count). The van der Waals surface area contributed by atoms with Crippen LogP contribution in [-0.2, 0) is 30.3 Å². The fraction of sp³-hybridized carbons (Fsp3) is 0.718. The Balaban J connectivity index is 3.05. The Bertz CT molecular complexity index is 1130. The zero-order valence-electron chi connectivity index (χ0n) is 31.3. The Labute approximate surface area is 303 Å². The van der Waals surface area contributed by atoms with E-state index in [-0.39, 0.29) is 6.42 Å². The van der Waals surface area contributed by atoms with Crippen LogP contribution in [0.2, 0.25) is 0 Å². The van der Waals surface area contributed by atoms with E-state index in [1.807, 2.05) is 11.8 Å². The lowest BCUT2D eigenvalue weighted by molar-refractivity contribution is -0.188. The van der Waals surface area contributed by atoms with E-state index in [0.29, 0.717) is 24.3 Å². The third-order valence-electron chi connectivity index (χ3n) is 8.08. The number of alkyl halides is 2. The molecule has 0 bridgehead atoms. The van der Waals surface area contributed by atoms with Crippen LogP contribution in [0.3, 0.4) is 0 Å². The molecule has 0 saturated heterocycles. The minimum absolute atomic E-state index is 0.0148. The molecule has 11 heteroatoms. The fourth-order valence-corrected chi connectivity index (χ4v) is 6.27. The van der Waals surface area contributed by atoms with Crippen LogP contribution in [0.5, 0.6) is 5.75 Å². The minimum Gasteiger partial charge on any atom is -0.494 e. The predicted octanol–water partition coefficient (Wildman–Crippen LogP) is 8.62. The Kier molecular flexibility index (Phi) is 23.0. The number of ether oxygens (including phenoxy) is 3. The molecular formula is C39H63F2NO7S. The number of methoxy groups -OCH3 is 1. The first-order valence-electron chi connectivity index (χ1n) is 18.4. The van der Waals surface area contributed by atoms with Crippen molar-refractivity contribution in [1.29, 1.82) is 0 Å². The fourth-order valence-electron chi connectivity index (χ4n) is 5.25. The number of unbranched alkanes of at least 4 members (excludes halogenated alkanes) is 9. The van der Waals surface area contributed by atoms with Crippen molar-refractivity contribution >= 4 is 29.6 Å². The number of esters is 2. The number of hydrogen-bond acceptors (Lipinski definition) is 8. The van der Waals surface area contributed by atoms with Gasteiger partial charge in [0, 0.05) is 12.8 Å². The summed E-state index contributed by atoms with van der Waals surface area (Å²) < 4.78 is 43.8. The highest BCUT2D eigenvalue weighted by molar-refractivity contribution is 7.99. The van der Waals surface area contributed by atoms with Crippen LogP contribution >= 0.6 is 11.8 Å². The minimum atomic E-state index is -3.13. The normalized spacial score (nSPS) is 14.3. The average Bonchev–Trinajstić information content (AvgIpc) is 3.05. The number of rotatable bonds is 27. The number of nitrogens with one attached hydrogen (secondary N) is 1. The zero-order valence-corrected chi connectivity index (χ0v) is 32.1. The highest BCUT2D eigenvalue weighted by atomic mass is 32.2. The van der Waals surface area contributed by atoms with Crippen molar-refractivity contribution < 1.29 is 42.5 Å². The first kappa shape index (κ1) is 45.4. The van der Waals surface area contributed by atoms with E-state index in [0.717, 1.165) is 44.3 Å². The molecule has 286 valence electrons. The molecule has 0 saturated carbocycles. The van der Waals surface area contributed by atoms with Crippen molar-refractivity contribution in [3.8, 4) is 5.75 Å². The predicted molar refractivity (Wildman–Crippen MR) is 198 cm³/mol. The Hall–Kier alpha value is -2.66. The van der Waals surface area contributed by atoms with Gasteiger partial charge in [-0.1, -0.05) is 83.1 Å². The zero-order chi connectivity index (χ0) is 37.4. The Morgan fingerprint density at radius 2 is 1.50 bits per heavy atom. The van der Waals surface area contributed by atoms with Gasteiger partial charge in [-0.25, -0.2) is 18.4 Å². The smallest absolute Gasteiger partial charge is 0.340 e. The molecule has 0 unspecified atom stereocenters. The molecule has 0 aliphatic carbocycles. The lowest BCUT2D eigenvalue weighted by Gasteiger charge is -2.34. The van der Waals surface area contributed by atoms with E-state index in [1.165, 1.54) is 71.8 Å². The lowest BCUT2D eigenvalue weighted by Crippen LogP contribution is -2.56. The van der Waals surface area contributed by atoms with Crippen LogP contribution < -0.4 is 10.1 Å². The summed E-state index contributed by atoms with van der Waals surface area (Å²) in [5.74, 6) is -1.89. The molecule has 0 aromatic heterocycles. The standard InChI is InChI=1S/C39H63F2NO7S/c1-7-9-11-15-18-26-50-27-19-16-13-12-14-17-20-32(39(46,29-34(40)41)37(45)49-38(3,4)5)35(43)42-33(36(44)47-6)28-30-21-23-31(24-22-30)48-25-10-8-2/h17,20-24,32-34,46H,7-16,18-19,25-29H2,1-6H3,(H,42,43)/b20-17+/t32-,33+,39+/m1/s1. The van der Waals surface area contributed by atoms with Crippen molar-refractivity contribution in [2.24, 2.45) is 5.92 Å². The Morgan fingerprint density at radius 1 is 0.900 bits per heavy atom. The molecular weight excluding hydrogens is 664 g/mol. The molecule has 50 heavy (non-hydrogen) atoms. The average molecular weight is 728 g/mol. The van der Waals surface area contributed by atoms with Crippen molar-refractivity contribution in [2.75, 3.05) is 25.2 Å². The third-order valence-corrected chi connectivity index (χ3v) is 9.23. The molecule has 1 aromatic carbocycles. The summed E-state index contributed by atoms with van der Waals surface area (Å²) in [4.78, 5) is 39.9. The maximum atomic E-state index is 13.9. The monoisotopic (exact) mass is 727 g/mol. The van der Waals surface area contributed by atoms with Crippen LogP contribution in [0.4, 0.5) is 8.78 Å². The molecule has 0 aliphatic heterocycles. The van der Waals surface area contributed by atoms with Crippen LogP contribution in [0, 0.1) is 5.92 Å². The summed E-state index contributed by atoms with van der Waals surface area (Å²) in [6.07, 6.45) is 11.2. The summed E-state index contributed by atoms with van der Waals surface area (Å²) in [7, 11) is 1.17. The van der Waals surface area contributed by atoms with E-state index < -0.39 is 53.9 Å². The largest absolute Gasteiger partial charge is 0.494 e. The molecule has 2 N–H and O–H groups in total. The number of hydrogen-bond donors (Lipinski definition) is 2. The molecule has 1 aromatic rings. The van der Waals surface area contributed by atoms with Gasteiger partial charge in [-0.15, -0.1) is 0 Å². The number of benzene rings is 1. The third kappa shape index (κ3) is 19.1. The molecule has 0 spiro atoms. The van der Waals surface area contributed by atoms with Gasteiger partial charge >= 0.3 is 11.9 Å². The van der Waals surface area contributed by atoms with E-state index in [9.17, 15) is 28.3 Å². The van der Waals surface area contributed by atoms with Crippen LogP contribution in [0.25, 0.3) is 0 Å². The van der Waals surface area contributed by atoms with Crippen molar-refractivity contribution in [2.45, 2.75) is 148 Å². The van der Waals surface area contributed by atoms with E-state index in [4.69, 9.17) is 14.2 Å². The topological polar surface area (TPSA) is 111 Å². The number of halogens is 2. The van der Waals surface area contributed by atoms with Gasteiger partial charge in [0.1, 0.15) is 17.4 Å². The molecule has 0 aliphatic rings. The van der Waals surface area contributed by atoms with Gasteiger partial charge in [-0.05, 0) is 82.1 Å². The number of thioether (sulfide) groups is 1. The molecule has 0 heterocycles. The maximum Gasteiger partial charge on any atom is 0.340 e. The molecule has 0 fully saturated rings. The number of aliphatic hydroxyl groups is 1. The molecule has 0 radical (unpaired) electrons. The maximum absolute atomic E-state index is 13.9. The molecule has 3 atom stereocenters. The lowest BCUT2D eigenvalue weighted by atomic mass is 9.82. The van der Waals surface area contributed by atoms with Crippen LogP contribution in [0.1, 0.15) is 124 Å². The summed E-state index contributed by atoms with van der Waals surface area (Å²) in [6, 6.07) is 5.79. The second-order valence-electron chi connectivity index (χ2n) is 13.8. The first-order valence-corrected chi connectivity index (χ1v) is 19.5. The van der Waals surface area contributed by atoms with Crippen LogP contribution in [-0.4, -0.2) is 71.8 Å². The van der Waals surface area contributed by atoms with Crippen molar-refractivity contribution in [1.82, 2.24) is 5.32 Å². The van der Waals surface area contributed by atoms with Crippen molar-refractivity contribution in [3.05, 3.63) is 42.0 Å². The summed E-state index contributed by atoms with van der Waals surface area (Å²) in [6.45, 7) is 9.47. The van der Waals surface area contributed by atoms with Gasteiger partial charge in [0.2, 0.25) is 12.3 Å². The highest BCUT2D eigenvalue weighted by Crippen LogP contribution is 2.31. The van der Waals surface area contributed by atoms with Gasteiger partial charge in [-0.2, -0.15) is 11.8 Å². The van der Waals surface area contributed by atoms with Gasteiger partial charge in [0.05, 0.1) is 19.6 Å². The van der Waals surface area contributed by atoms with Crippen molar-refractivity contribution in [3.63, 3.8) is 0 Å². The quantitative estimate of drug-likeness (QED) is 0.0527. The summed E-state index contributed by atoms with van der Waals surface area (Å²) >= 11 is 1.98. The highest BCUT2D eigenvalue weighted by Gasteiger charge is 2.51. The van der Waals surface area contributed by atoms with E-state index in [1.54, 1.807) is 30.3 Å². The van der Waals surface area contributed by atoms with Gasteiger partial charge in [0.15, 0.2) is 5.60 Å². The van der Waals surface area contributed by atoms with E-state index >= 15 is 0 Å².